The standard InChI is InChI=1S/C24H29FN4O4S/c1-3-4-15-33-24(30)28-13-10-17(11-14-28)22-7-8-23-21(9-12-26-29(22)23)27-20-6-5-18(16-19(20)25)34(2,31)32/h5-9,12,16-17,27H,3-4,10-11,13-15H2,1-2H3. The number of sulfone groups is 1. The summed E-state index contributed by atoms with van der Waals surface area (Å²) in [6.07, 6.45) is 5.89. The maximum Gasteiger partial charge on any atom is 0.409 e. The highest BCUT2D eigenvalue weighted by molar-refractivity contribution is 7.90. The molecule has 3 aromatic rings. The first-order chi connectivity index (χ1) is 16.3. The normalized spacial score (nSPS) is 15.0. The summed E-state index contributed by atoms with van der Waals surface area (Å²) in [6, 6.07) is 9.50. The first kappa shape index (κ1) is 24.0. The number of hydrogen-bond donors (Lipinski definition) is 1. The van der Waals surface area contributed by atoms with Gasteiger partial charge < -0.3 is 15.0 Å². The minimum Gasteiger partial charge on any atom is -0.449 e. The molecule has 10 heteroatoms. The zero-order valence-electron chi connectivity index (χ0n) is 19.3. The summed E-state index contributed by atoms with van der Waals surface area (Å²) in [7, 11) is -3.49. The highest BCUT2D eigenvalue weighted by atomic mass is 32.2. The maximum atomic E-state index is 14.6. The van der Waals surface area contributed by atoms with Crippen molar-refractivity contribution in [3.63, 3.8) is 0 Å². The van der Waals surface area contributed by atoms with E-state index in [9.17, 15) is 17.6 Å². The zero-order valence-corrected chi connectivity index (χ0v) is 20.1. The summed E-state index contributed by atoms with van der Waals surface area (Å²) in [6.45, 7) is 3.76. The van der Waals surface area contributed by atoms with Crippen LogP contribution in [0.4, 0.5) is 20.6 Å². The number of carbonyl (C=O) groups is 1. The van der Waals surface area contributed by atoms with E-state index in [-0.39, 0.29) is 22.6 Å². The molecule has 0 spiro atoms. The number of benzene rings is 1. The number of unbranched alkanes of at least 4 members (excludes halogenated alkanes) is 1. The van der Waals surface area contributed by atoms with E-state index in [1.165, 1.54) is 12.1 Å². The van der Waals surface area contributed by atoms with Crippen LogP contribution in [0.2, 0.25) is 0 Å². The molecule has 4 rings (SSSR count). The summed E-state index contributed by atoms with van der Waals surface area (Å²) in [5.74, 6) is -0.418. The Hall–Kier alpha value is -3.14. The van der Waals surface area contributed by atoms with E-state index in [2.05, 4.69) is 17.3 Å². The van der Waals surface area contributed by atoms with Gasteiger partial charge in [-0.1, -0.05) is 13.3 Å². The second-order valence-electron chi connectivity index (χ2n) is 8.57. The molecule has 1 amide bonds. The number of amides is 1. The lowest BCUT2D eigenvalue weighted by atomic mass is 9.94. The van der Waals surface area contributed by atoms with Gasteiger partial charge in [0.15, 0.2) is 9.84 Å². The van der Waals surface area contributed by atoms with E-state index in [4.69, 9.17) is 4.74 Å². The number of likely N-dealkylation sites (tertiary alicyclic amines) is 1. The average molecular weight is 489 g/mol. The Balaban J connectivity index is 1.48. The second-order valence-corrected chi connectivity index (χ2v) is 10.6. The van der Waals surface area contributed by atoms with Crippen LogP contribution in [0.25, 0.3) is 5.52 Å². The largest absolute Gasteiger partial charge is 0.449 e. The molecular weight excluding hydrogens is 459 g/mol. The quantitative estimate of drug-likeness (QED) is 0.483. The first-order valence-electron chi connectivity index (χ1n) is 11.4. The van der Waals surface area contributed by atoms with Crippen LogP contribution in [0, 0.1) is 5.82 Å². The molecule has 0 bridgehead atoms. The van der Waals surface area contributed by atoms with Crippen molar-refractivity contribution in [2.24, 2.45) is 0 Å². The SMILES string of the molecule is CCCCOC(=O)N1CCC(c2ccc3c(Nc4ccc(S(C)(=O)=O)cc4F)ccnn23)CC1. The van der Waals surface area contributed by atoms with Crippen LogP contribution in [-0.2, 0) is 14.6 Å². The third-order valence-electron chi connectivity index (χ3n) is 6.12. The lowest BCUT2D eigenvalue weighted by Crippen LogP contribution is -2.38. The zero-order chi connectivity index (χ0) is 24.3. The smallest absolute Gasteiger partial charge is 0.409 e. The molecule has 3 heterocycles. The predicted molar refractivity (Wildman–Crippen MR) is 128 cm³/mol. The Kier molecular flexibility index (Phi) is 7.06. The van der Waals surface area contributed by atoms with Crippen molar-refractivity contribution in [2.45, 2.75) is 43.4 Å². The van der Waals surface area contributed by atoms with E-state index < -0.39 is 15.7 Å². The number of nitrogens with zero attached hydrogens (tertiary/aromatic N) is 3. The van der Waals surface area contributed by atoms with Gasteiger partial charge in [-0.05, 0) is 55.7 Å². The van der Waals surface area contributed by atoms with Crippen molar-refractivity contribution >= 4 is 32.8 Å². The molecule has 1 fully saturated rings. The van der Waals surface area contributed by atoms with E-state index >= 15 is 0 Å². The van der Waals surface area contributed by atoms with Gasteiger partial charge in [0.05, 0.1) is 28.4 Å². The topological polar surface area (TPSA) is 93.0 Å². The monoisotopic (exact) mass is 488 g/mol. The van der Waals surface area contributed by atoms with Crippen molar-refractivity contribution < 1.29 is 22.3 Å². The Bertz CT molecular complexity index is 1280. The Morgan fingerprint density at radius 2 is 1.94 bits per heavy atom. The molecule has 1 aromatic carbocycles. The van der Waals surface area contributed by atoms with Crippen LogP contribution in [0.5, 0.6) is 0 Å². The summed E-state index contributed by atoms with van der Waals surface area (Å²) < 4.78 is 45.1. The van der Waals surface area contributed by atoms with E-state index in [0.717, 1.165) is 49.2 Å². The number of hydrogen-bond acceptors (Lipinski definition) is 6. The molecule has 182 valence electrons. The molecule has 34 heavy (non-hydrogen) atoms. The van der Waals surface area contributed by atoms with Gasteiger partial charge in [-0.2, -0.15) is 5.10 Å². The van der Waals surface area contributed by atoms with Crippen LogP contribution in [0.1, 0.15) is 44.2 Å². The summed E-state index contributed by atoms with van der Waals surface area (Å²) in [4.78, 5) is 13.9. The predicted octanol–water partition coefficient (Wildman–Crippen LogP) is 4.74. The molecule has 0 radical (unpaired) electrons. The maximum absolute atomic E-state index is 14.6. The molecule has 0 atom stereocenters. The number of nitrogens with one attached hydrogen (secondary N) is 1. The fraction of sp³-hybridized carbons (Fsp3) is 0.417. The van der Waals surface area contributed by atoms with Crippen molar-refractivity contribution in [2.75, 3.05) is 31.3 Å². The highest BCUT2D eigenvalue weighted by Gasteiger charge is 2.27. The third-order valence-corrected chi connectivity index (χ3v) is 7.23. The average Bonchev–Trinajstić information content (AvgIpc) is 3.25. The van der Waals surface area contributed by atoms with Gasteiger partial charge in [0.25, 0.3) is 0 Å². The van der Waals surface area contributed by atoms with Gasteiger partial charge in [-0.3, -0.25) is 0 Å². The summed E-state index contributed by atoms with van der Waals surface area (Å²) >= 11 is 0. The Morgan fingerprint density at radius 3 is 2.62 bits per heavy atom. The minimum absolute atomic E-state index is 0.0685. The molecule has 1 aliphatic heterocycles. The van der Waals surface area contributed by atoms with Crippen LogP contribution >= 0.6 is 0 Å². The number of ether oxygens (including phenoxy) is 1. The van der Waals surface area contributed by atoms with E-state index in [0.29, 0.717) is 25.4 Å². The summed E-state index contributed by atoms with van der Waals surface area (Å²) in [5, 5.41) is 7.55. The van der Waals surface area contributed by atoms with Crippen molar-refractivity contribution in [3.05, 3.63) is 54.1 Å². The van der Waals surface area contributed by atoms with Crippen molar-refractivity contribution in [1.82, 2.24) is 14.5 Å². The van der Waals surface area contributed by atoms with E-state index in [1.54, 1.807) is 17.2 Å². The van der Waals surface area contributed by atoms with Crippen molar-refractivity contribution in [3.8, 4) is 0 Å². The molecule has 1 aliphatic rings. The number of piperidine rings is 1. The van der Waals surface area contributed by atoms with Gasteiger partial charge in [0, 0.05) is 37.2 Å². The minimum atomic E-state index is -3.49. The van der Waals surface area contributed by atoms with Crippen LogP contribution < -0.4 is 5.32 Å². The van der Waals surface area contributed by atoms with Crippen LogP contribution in [-0.4, -0.2) is 55.0 Å². The number of carbonyl (C=O) groups excluding carboxylic acids is 1. The fourth-order valence-electron chi connectivity index (χ4n) is 4.18. The van der Waals surface area contributed by atoms with Crippen molar-refractivity contribution in [1.29, 1.82) is 0 Å². The lowest BCUT2D eigenvalue weighted by molar-refractivity contribution is 0.0913. The Morgan fingerprint density at radius 1 is 1.18 bits per heavy atom. The summed E-state index contributed by atoms with van der Waals surface area (Å²) in [5.41, 5.74) is 2.65. The van der Waals surface area contributed by atoms with Gasteiger partial charge in [-0.15, -0.1) is 0 Å². The van der Waals surface area contributed by atoms with Crippen LogP contribution in [0.3, 0.4) is 0 Å². The number of halogens is 1. The number of fused-ring (bicyclic) bond motifs is 1. The number of aromatic nitrogens is 2. The molecule has 0 unspecified atom stereocenters. The van der Waals surface area contributed by atoms with E-state index in [1.807, 2.05) is 16.6 Å². The third kappa shape index (κ3) is 5.16. The molecule has 2 aromatic heterocycles. The lowest BCUT2D eigenvalue weighted by Gasteiger charge is -2.31. The molecule has 0 saturated carbocycles. The van der Waals surface area contributed by atoms with Crippen LogP contribution in [0.15, 0.2) is 47.5 Å². The first-order valence-corrected chi connectivity index (χ1v) is 13.3. The Labute approximate surface area is 198 Å². The number of anilines is 2. The van der Waals surface area contributed by atoms with Gasteiger partial charge >= 0.3 is 6.09 Å². The highest BCUT2D eigenvalue weighted by Crippen LogP contribution is 2.32. The molecule has 1 saturated heterocycles. The van der Waals surface area contributed by atoms with Gasteiger partial charge in [0.1, 0.15) is 5.82 Å². The second kappa shape index (κ2) is 10.0. The number of rotatable bonds is 7. The van der Waals surface area contributed by atoms with Gasteiger partial charge in [0.2, 0.25) is 0 Å². The molecule has 1 N–H and O–H groups in total. The fourth-order valence-corrected chi connectivity index (χ4v) is 4.81. The molecular formula is C24H29FN4O4S. The molecule has 0 aliphatic carbocycles. The van der Waals surface area contributed by atoms with Gasteiger partial charge in [-0.25, -0.2) is 22.1 Å². The molecule has 8 nitrogen and oxygen atoms in total.